The molecular weight excluding hydrogens is 576 g/mol. The zero-order chi connectivity index (χ0) is 31.9. The van der Waals surface area contributed by atoms with Crippen molar-refractivity contribution in [3.05, 3.63) is 96.8 Å². The standard InChI is InChI=1S/C36H40N8O2/c1-42(2)22-10-15-32(45)38-28-18-16-27(17-19-28)35(46)43-23-8-6-13-29(25-43)39-36-37-21-20-30(40-36)33-31-14-7-9-24-44(31)41-34(33)26-11-4-3-5-12-26/h3-5,7,9,11-12,14,16-21,24,29H,6,8,10,13,15,22-23,25H2,1-2H3,(H,38,45)(H,37,39,40)/t29-/m0/s1. The minimum atomic E-state index is -0.0221. The van der Waals surface area contributed by atoms with Gasteiger partial charge >= 0.3 is 0 Å². The van der Waals surface area contributed by atoms with Crippen molar-refractivity contribution >= 4 is 29.0 Å². The molecule has 236 valence electrons. The van der Waals surface area contributed by atoms with Gasteiger partial charge in [0.2, 0.25) is 11.9 Å². The van der Waals surface area contributed by atoms with E-state index in [0.29, 0.717) is 36.7 Å². The number of pyridine rings is 1. The van der Waals surface area contributed by atoms with E-state index in [-0.39, 0.29) is 17.9 Å². The highest BCUT2D eigenvalue weighted by Gasteiger charge is 2.24. The lowest BCUT2D eigenvalue weighted by molar-refractivity contribution is -0.116. The summed E-state index contributed by atoms with van der Waals surface area (Å²) < 4.78 is 1.88. The molecule has 5 aromatic rings. The van der Waals surface area contributed by atoms with Crippen molar-refractivity contribution in [1.82, 2.24) is 29.4 Å². The third-order valence-electron chi connectivity index (χ3n) is 8.22. The van der Waals surface area contributed by atoms with Crippen LogP contribution < -0.4 is 10.6 Å². The third kappa shape index (κ3) is 7.40. The highest BCUT2D eigenvalue weighted by molar-refractivity contribution is 5.96. The number of nitrogens with one attached hydrogen (secondary N) is 2. The van der Waals surface area contributed by atoms with Gasteiger partial charge in [-0.15, -0.1) is 0 Å². The topological polar surface area (TPSA) is 108 Å². The second-order valence-electron chi connectivity index (χ2n) is 12.0. The van der Waals surface area contributed by atoms with Gasteiger partial charge in [-0.3, -0.25) is 9.59 Å². The van der Waals surface area contributed by atoms with E-state index in [1.54, 1.807) is 30.5 Å². The van der Waals surface area contributed by atoms with E-state index in [1.807, 2.05) is 72.2 Å². The molecule has 0 radical (unpaired) electrons. The number of nitrogens with zero attached hydrogens (tertiary/aromatic N) is 6. The van der Waals surface area contributed by atoms with Crippen LogP contribution in [0.1, 0.15) is 42.5 Å². The number of hydrogen-bond donors (Lipinski definition) is 2. The number of benzene rings is 2. The number of rotatable bonds is 10. The normalized spacial score (nSPS) is 15.1. The largest absolute Gasteiger partial charge is 0.350 e. The molecule has 46 heavy (non-hydrogen) atoms. The SMILES string of the molecule is CN(C)CCCC(=O)Nc1ccc(C(=O)N2CCCC[C@H](Nc3nccc(-c4c(-c5ccccc5)nn5ccccc45)n3)C2)cc1. The van der Waals surface area contributed by atoms with Gasteiger partial charge in [-0.1, -0.05) is 36.4 Å². The zero-order valence-corrected chi connectivity index (χ0v) is 26.4. The summed E-state index contributed by atoms with van der Waals surface area (Å²) in [6.07, 6.45) is 7.79. The average molecular weight is 617 g/mol. The summed E-state index contributed by atoms with van der Waals surface area (Å²) in [4.78, 5) is 39.3. The molecule has 0 unspecified atom stereocenters. The first-order valence-electron chi connectivity index (χ1n) is 15.9. The van der Waals surface area contributed by atoms with Crippen molar-refractivity contribution < 1.29 is 9.59 Å². The number of likely N-dealkylation sites (tertiary alicyclic amines) is 1. The number of carbonyl (C=O) groups excluding carboxylic acids is 2. The summed E-state index contributed by atoms with van der Waals surface area (Å²) in [6, 6.07) is 25.2. The van der Waals surface area contributed by atoms with E-state index in [9.17, 15) is 9.59 Å². The van der Waals surface area contributed by atoms with Crippen LogP contribution in [0.25, 0.3) is 28.0 Å². The molecule has 1 atom stereocenters. The predicted molar refractivity (Wildman–Crippen MR) is 182 cm³/mol. The van der Waals surface area contributed by atoms with Crippen molar-refractivity contribution in [2.45, 2.75) is 38.1 Å². The van der Waals surface area contributed by atoms with Crippen LogP contribution in [-0.2, 0) is 4.79 Å². The quantitative estimate of drug-likeness (QED) is 0.203. The lowest BCUT2D eigenvalue weighted by Crippen LogP contribution is -2.39. The summed E-state index contributed by atoms with van der Waals surface area (Å²) >= 11 is 0. The molecule has 4 heterocycles. The fourth-order valence-corrected chi connectivity index (χ4v) is 5.90. The fourth-order valence-electron chi connectivity index (χ4n) is 5.90. The maximum absolute atomic E-state index is 13.6. The highest BCUT2D eigenvalue weighted by Crippen LogP contribution is 2.34. The molecule has 2 aromatic carbocycles. The molecule has 2 amide bonds. The van der Waals surface area contributed by atoms with E-state index in [4.69, 9.17) is 10.1 Å². The molecule has 0 saturated carbocycles. The van der Waals surface area contributed by atoms with Crippen LogP contribution in [0, 0.1) is 0 Å². The summed E-state index contributed by atoms with van der Waals surface area (Å²) in [5, 5.41) is 11.3. The Hall–Kier alpha value is -5.09. The summed E-state index contributed by atoms with van der Waals surface area (Å²) in [7, 11) is 3.99. The summed E-state index contributed by atoms with van der Waals surface area (Å²) in [5.41, 5.74) is 5.87. The first-order valence-corrected chi connectivity index (χ1v) is 15.9. The highest BCUT2D eigenvalue weighted by atomic mass is 16.2. The number of fused-ring (bicyclic) bond motifs is 1. The Balaban J connectivity index is 1.15. The van der Waals surface area contributed by atoms with Gasteiger partial charge in [0.05, 0.1) is 16.8 Å². The molecule has 10 heteroatoms. The molecule has 0 bridgehead atoms. The molecular formula is C36H40N8O2. The number of carbonyl (C=O) groups is 2. The van der Waals surface area contributed by atoms with Gasteiger partial charge in [0.15, 0.2) is 0 Å². The van der Waals surface area contributed by atoms with E-state index < -0.39 is 0 Å². The minimum Gasteiger partial charge on any atom is -0.350 e. The minimum absolute atomic E-state index is 0.0000674. The Morgan fingerprint density at radius 3 is 2.57 bits per heavy atom. The molecule has 1 aliphatic heterocycles. The van der Waals surface area contributed by atoms with Crippen molar-refractivity contribution in [3.8, 4) is 22.5 Å². The van der Waals surface area contributed by atoms with Gasteiger partial charge in [-0.05, 0) is 88.8 Å². The number of hydrogen-bond acceptors (Lipinski definition) is 7. The Morgan fingerprint density at radius 2 is 1.76 bits per heavy atom. The van der Waals surface area contributed by atoms with Crippen molar-refractivity contribution in [1.29, 1.82) is 0 Å². The Labute approximate surface area is 269 Å². The molecule has 10 nitrogen and oxygen atoms in total. The van der Waals surface area contributed by atoms with Gasteiger partial charge < -0.3 is 20.4 Å². The van der Waals surface area contributed by atoms with E-state index in [2.05, 4.69) is 32.7 Å². The van der Waals surface area contributed by atoms with Gasteiger partial charge in [-0.2, -0.15) is 5.10 Å². The molecule has 2 N–H and O–H groups in total. The van der Waals surface area contributed by atoms with Crippen LogP contribution in [0.4, 0.5) is 11.6 Å². The van der Waals surface area contributed by atoms with Crippen molar-refractivity contribution in [2.24, 2.45) is 0 Å². The molecule has 3 aromatic heterocycles. The Bertz CT molecular complexity index is 1790. The maximum Gasteiger partial charge on any atom is 0.253 e. The Kier molecular flexibility index (Phi) is 9.64. The lowest BCUT2D eigenvalue weighted by atomic mass is 10.0. The maximum atomic E-state index is 13.6. The van der Waals surface area contributed by atoms with E-state index >= 15 is 0 Å². The van der Waals surface area contributed by atoms with Crippen molar-refractivity contribution in [2.75, 3.05) is 44.4 Å². The van der Waals surface area contributed by atoms with Crippen LogP contribution in [0.15, 0.2) is 91.3 Å². The zero-order valence-electron chi connectivity index (χ0n) is 26.4. The van der Waals surface area contributed by atoms with Gasteiger partial charge in [-0.25, -0.2) is 14.5 Å². The molecule has 1 fully saturated rings. The molecule has 6 rings (SSSR count). The molecule has 0 spiro atoms. The van der Waals surface area contributed by atoms with Crippen LogP contribution in [0.5, 0.6) is 0 Å². The fraction of sp³-hybridized carbons (Fsp3) is 0.306. The summed E-state index contributed by atoms with van der Waals surface area (Å²) in [6.45, 7) is 2.09. The number of anilines is 2. The van der Waals surface area contributed by atoms with Gasteiger partial charge in [0.1, 0.15) is 5.69 Å². The smallest absolute Gasteiger partial charge is 0.253 e. The van der Waals surface area contributed by atoms with Gasteiger partial charge in [0.25, 0.3) is 5.91 Å². The van der Waals surface area contributed by atoms with Crippen LogP contribution in [0.2, 0.25) is 0 Å². The summed E-state index contributed by atoms with van der Waals surface area (Å²) in [5.74, 6) is 0.481. The molecule has 1 aliphatic rings. The second-order valence-corrected chi connectivity index (χ2v) is 12.0. The van der Waals surface area contributed by atoms with Crippen molar-refractivity contribution in [3.63, 3.8) is 0 Å². The van der Waals surface area contributed by atoms with Crippen LogP contribution in [-0.4, -0.2) is 81.0 Å². The predicted octanol–water partition coefficient (Wildman–Crippen LogP) is 5.85. The number of amides is 2. The monoisotopic (exact) mass is 616 g/mol. The first-order chi connectivity index (χ1) is 22.4. The number of aromatic nitrogens is 4. The van der Waals surface area contributed by atoms with Crippen LogP contribution in [0.3, 0.4) is 0 Å². The third-order valence-corrected chi connectivity index (χ3v) is 8.22. The second kappa shape index (κ2) is 14.3. The first kappa shape index (κ1) is 30.9. The van der Waals surface area contributed by atoms with E-state index in [1.165, 1.54) is 0 Å². The molecule has 0 aliphatic carbocycles. The lowest BCUT2D eigenvalue weighted by Gasteiger charge is -2.25. The molecule has 1 saturated heterocycles. The average Bonchev–Trinajstić information content (AvgIpc) is 3.31. The van der Waals surface area contributed by atoms with Crippen LogP contribution >= 0.6 is 0 Å². The van der Waals surface area contributed by atoms with Gasteiger partial charge in [0, 0.05) is 54.8 Å². The van der Waals surface area contributed by atoms with E-state index in [0.717, 1.165) is 60.3 Å². The Morgan fingerprint density at radius 1 is 0.957 bits per heavy atom.